The molecule has 1 saturated heterocycles. The van der Waals surface area contributed by atoms with Crippen LogP contribution in [0.1, 0.15) is 31.9 Å². The molecule has 2 rings (SSSR count). The lowest BCUT2D eigenvalue weighted by Gasteiger charge is -2.39. The number of morpholine rings is 1. The van der Waals surface area contributed by atoms with E-state index in [4.69, 9.17) is 4.74 Å². The summed E-state index contributed by atoms with van der Waals surface area (Å²) in [7, 11) is 0. The molecule has 0 aliphatic carbocycles. The number of rotatable bonds is 3. The number of hydrogen-bond donors (Lipinski definition) is 1. The fraction of sp³-hybridized carbons (Fsp3) is 0.571. The van der Waals surface area contributed by atoms with Gasteiger partial charge in [0.2, 0.25) is 0 Å². The second-order valence-corrected chi connectivity index (χ2v) is 4.75. The lowest BCUT2D eigenvalue weighted by Crippen LogP contribution is -2.46. The quantitative estimate of drug-likeness (QED) is 0.899. The zero-order valence-corrected chi connectivity index (χ0v) is 10.9. The highest BCUT2D eigenvalue weighted by molar-refractivity contribution is 5.35. The van der Waals surface area contributed by atoms with E-state index in [-0.39, 0.29) is 17.6 Å². The van der Waals surface area contributed by atoms with Crippen molar-refractivity contribution in [2.75, 3.05) is 19.8 Å². The maximum Gasteiger partial charge on any atom is 0.123 e. The Morgan fingerprint density at radius 3 is 3.06 bits per heavy atom. The maximum atomic E-state index is 13.3. The van der Waals surface area contributed by atoms with Crippen LogP contribution < -0.4 is 0 Å². The third kappa shape index (κ3) is 2.65. The fourth-order valence-electron chi connectivity index (χ4n) is 2.57. The molecule has 3 nitrogen and oxygen atoms in total. The lowest BCUT2D eigenvalue weighted by molar-refractivity contribution is -0.0276. The van der Waals surface area contributed by atoms with Gasteiger partial charge >= 0.3 is 0 Å². The highest BCUT2D eigenvalue weighted by Gasteiger charge is 2.28. The third-order valence-electron chi connectivity index (χ3n) is 3.68. The van der Waals surface area contributed by atoms with Crippen LogP contribution in [0.3, 0.4) is 0 Å². The molecule has 2 unspecified atom stereocenters. The van der Waals surface area contributed by atoms with Gasteiger partial charge in [-0.15, -0.1) is 0 Å². The first kappa shape index (κ1) is 13.3. The average Bonchev–Trinajstić information content (AvgIpc) is 2.40. The summed E-state index contributed by atoms with van der Waals surface area (Å²) in [6.45, 7) is 6.33. The largest absolute Gasteiger partial charge is 0.508 e. The number of hydrogen-bond acceptors (Lipinski definition) is 3. The van der Waals surface area contributed by atoms with Crippen LogP contribution in [0.2, 0.25) is 0 Å². The molecule has 0 aromatic heterocycles. The topological polar surface area (TPSA) is 32.7 Å². The van der Waals surface area contributed by atoms with E-state index >= 15 is 0 Å². The Balaban J connectivity index is 2.23. The van der Waals surface area contributed by atoms with Crippen molar-refractivity contribution in [2.45, 2.75) is 32.4 Å². The van der Waals surface area contributed by atoms with Crippen molar-refractivity contribution in [2.24, 2.45) is 0 Å². The minimum Gasteiger partial charge on any atom is -0.508 e. The van der Waals surface area contributed by atoms with E-state index in [1.807, 2.05) is 6.92 Å². The van der Waals surface area contributed by atoms with Gasteiger partial charge in [0.15, 0.2) is 0 Å². The first-order chi connectivity index (χ1) is 8.63. The third-order valence-corrected chi connectivity index (χ3v) is 3.68. The van der Waals surface area contributed by atoms with Crippen molar-refractivity contribution >= 4 is 0 Å². The minimum atomic E-state index is -0.309. The molecule has 1 N–H and O–H groups in total. The number of aromatic hydroxyl groups is 1. The molecule has 18 heavy (non-hydrogen) atoms. The summed E-state index contributed by atoms with van der Waals surface area (Å²) in [6.07, 6.45) is 0.987. The number of ether oxygens (including phenoxy) is 1. The van der Waals surface area contributed by atoms with Crippen LogP contribution in [0.5, 0.6) is 5.75 Å². The van der Waals surface area contributed by atoms with E-state index in [1.165, 1.54) is 18.2 Å². The Bertz CT molecular complexity index is 411. The maximum absolute atomic E-state index is 13.3. The van der Waals surface area contributed by atoms with Crippen molar-refractivity contribution in [3.8, 4) is 5.75 Å². The first-order valence-corrected chi connectivity index (χ1v) is 6.45. The molecule has 1 aliphatic rings. The van der Waals surface area contributed by atoms with Gasteiger partial charge in [0.1, 0.15) is 11.6 Å². The molecule has 0 bridgehead atoms. The Morgan fingerprint density at radius 2 is 2.33 bits per heavy atom. The van der Waals surface area contributed by atoms with Gasteiger partial charge < -0.3 is 9.84 Å². The molecule has 0 amide bonds. The molecule has 2 atom stereocenters. The van der Waals surface area contributed by atoms with Crippen LogP contribution in [-0.2, 0) is 4.74 Å². The van der Waals surface area contributed by atoms with Crippen molar-refractivity contribution in [3.63, 3.8) is 0 Å². The molecule has 1 fully saturated rings. The molecule has 1 aromatic rings. The highest BCUT2D eigenvalue weighted by atomic mass is 19.1. The molecule has 1 aliphatic heterocycles. The summed E-state index contributed by atoms with van der Waals surface area (Å²) < 4.78 is 18.8. The SMILES string of the molecule is CCC1COCCN1C(C)c1cc(F)ccc1O. The van der Waals surface area contributed by atoms with E-state index in [0.717, 1.165) is 13.0 Å². The van der Waals surface area contributed by atoms with Gasteiger partial charge in [0.25, 0.3) is 0 Å². The monoisotopic (exact) mass is 253 g/mol. The Hall–Kier alpha value is -1.13. The zero-order chi connectivity index (χ0) is 13.1. The van der Waals surface area contributed by atoms with Gasteiger partial charge in [-0.1, -0.05) is 6.92 Å². The normalized spacial score (nSPS) is 22.9. The fourth-order valence-corrected chi connectivity index (χ4v) is 2.57. The molecule has 0 radical (unpaired) electrons. The van der Waals surface area contributed by atoms with Crippen LogP contribution in [0, 0.1) is 5.82 Å². The predicted molar refractivity (Wildman–Crippen MR) is 68.1 cm³/mol. The van der Waals surface area contributed by atoms with Crippen molar-refractivity contribution in [1.82, 2.24) is 4.90 Å². The Kier molecular flexibility index (Phi) is 4.19. The molecular weight excluding hydrogens is 233 g/mol. The summed E-state index contributed by atoms with van der Waals surface area (Å²) >= 11 is 0. The molecule has 0 spiro atoms. The summed E-state index contributed by atoms with van der Waals surface area (Å²) in [5.74, 6) is -0.152. The van der Waals surface area contributed by atoms with Crippen molar-refractivity contribution < 1.29 is 14.2 Å². The smallest absolute Gasteiger partial charge is 0.123 e. The number of nitrogens with zero attached hydrogens (tertiary/aromatic N) is 1. The number of benzene rings is 1. The van der Waals surface area contributed by atoms with E-state index in [1.54, 1.807) is 0 Å². The predicted octanol–water partition coefficient (Wildman–Crippen LogP) is 2.70. The zero-order valence-electron chi connectivity index (χ0n) is 10.9. The van der Waals surface area contributed by atoms with Crippen LogP contribution in [0.25, 0.3) is 0 Å². The molecule has 4 heteroatoms. The van der Waals surface area contributed by atoms with Gasteiger partial charge in [0.05, 0.1) is 13.2 Å². The van der Waals surface area contributed by atoms with Crippen LogP contribution in [-0.4, -0.2) is 35.8 Å². The van der Waals surface area contributed by atoms with Gasteiger partial charge in [-0.25, -0.2) is 4.39 Å². The molecule has 1 aromatic carbocycles. The summed E-state index contributed by atoms with van der Waals surface area (Å²) in [5.41, 5.74) is 0.648. The van der Waals surface area contributed by atoms with Gasteiger partial charge in [-0.05, 0) is 31.5 Å². The van der Waals surface area contributed by atoms with Gasteiger partial charge in [0, 0.05) is 24.2 Å². The van der Waals surface area contributed by atoms with E-state index in [2.05, 4.69) is 11.8 Å². The second kappa shape index (κ2) is 5.67. The Labute approximate surface area is 107 Å². The molecule has 100 valence electrons. The van der Waals surface area contributed by atoms with Crippen LogP contribution in [0.15, 0.2) is 18.2 Å². The van der Waals surface area contributed by atoms with E-state index < -0.39 is 0 Å². The summed E-state index contributed by atoms with van der Waals surface area (Å²) in [4.78, 5) is 2.28. The first-order valence-electron chi connectivity index (χ1n) is 6.45. The van der Waals surface area contributed by atoms with Crippen molar-refractivity contribution in [1.29, 1.82) is 0 Å². The van der Waals surface area contributed by atoms with Crippen LogP contribution in [0.4, 0.5) is 4.39 Å². The summed E-state index contributed by atoms with van der Waals surface area (Å²) in [5, 5.41) is 9.87. The Morgan fingerprint density at radius 1 is 1.56 bits per heavy atom. The van der Waals surface area contributed by atoms with Gasteiger partial charge in [-0.2, -0.15) is 0 Å². The van der Waals surface area contributed by atoms with Gasteiger partial charge in [-0.3, -0.25) is 4.90 Å². The standard InChI is InChI=1S/C14H20FNO2/c1-3-12-9-18-7-6-16(12)10(2)13-8-11(15)4-5-14(13)17/h4-5,8,10,12,17H,3,6-7,9H2,1-2H3. The number of halogens is 1. The summed E-state index contributed by atoms with van der Waals surface area (Å²) in [6, 6.07) is 4.44. The lowest BCUT2D eigenvalue weighted by atomic mass is 10.0. The van der Waals surface area contributed by atoms with Crippen LogP contribution >= 0.6 is 0 Å². The minimum absolute atomic E-state index is 0.00505. The highest BCUT2D eigenvalue weighted by Crippen LogP contribution is 2.31. The molecule has 1 heterocycles. The van der Waals surface area contributed by atoms with E-state index in [0.29, 0.717) is 24.8 Å². The number of phenolic OH excluding ortho intramolecular Hbond substituents is 1. The molecule has 0 saturated carbocycles. The van der Waals surface area contributed by atoms with E-state index in [9.17, 15) is 9.50 Å². The number of phenols is 1. The second-order valence-electron chi connectivity index (χ2n) is 4.75. The molecular formula is C14H20FNO2. The average molecular weight is 253 g/mol. The van der Waals surface area contributed by atoms with Crippen molar-refractivity contribution in [3.05, 3.63) is 29.6 Å².